The van der Waals surface area contributed by atoms with Crippen molar-refractivity contribution >= 4 is 31.9 Å². The van der Waals surface area contributed by atoms with Gasteiger partial charge >= 0.3 is 0 Å². The Morgan fingerprint density at radius 3 is 2.42 bits per heavy atom. The van der Waals surface area contributed by atoms with Crippen LogP contribution in [0.5, 0.6) is 5.75 Å². The molecule has 1 atom stereocenters. The van der Waals surface area contributed by atoms with Gasteiger partial charge in [-0.15, -0.1) is 0 Å². The number of halogens is 2. The third kappa shape index (κ3) is 5.03. The van der Waals surface area contributed by atoms with Crippen LogP contribution in [-0.2, 0) is 14.8 Å². The average molecular weight is 445 g/mol. The Morgan fingerprint density at radius 1 is 1.27 bits per heavy atom. The molecule has 26 heavy (non-hydrogen) atoms. The van der Waals surface area contributed by atoms with E-state index in [4.69, 9.17) is 9.88 Å². The zero-order valence-electron chi connectivity index (χ0n) is 14.1. The van der Waals surface area contributed by atoms with Gasteiger partial charge in [0.2, 0.25) is 10.0 Å². The second-order valence-corrected chi connectivity index (χ2v) is 8.07. The van der Waals surface area contributed by atoms with Crippen molar-refractivity contribution < 1.29 is 22.3 Å². The van der Waals surface area contributed by atoms with Gasteiger partial charge in [-0.3, -0.25) is 4.79 Å². The minimum atomic E-state index is -3.76. The number of nitrogens with zero attached hydrogens (tertiary/aromatic N) is 1. The first-order chi connectivity index (χ1) is 12.1. The predicted octanol–water partition coefficient (Wildman–Crippen LogP) is 2.83. The lowest BCUT2D eigenvalue weighted by Crippen LogP contribution is -2.33. The third-order valence-corrected chi connectivity index (χ3v) is 5.46. The van der Waals surface area contributed by atoms with Gasteiger partial charge in [0.05, 0.1) is 15.4 Å². The molecule has 0 spiro atoms. The summed E-state index contributed by atoms with van der Waals surface area (Å²) in [6.07, 6.45) is 0. The summed E-state index contributed by atoms with van der Waals surface area (Å²) in [5.74, 6) is -0.341. The maximum Gasteiger partial charge on any atom is 0.260 e. The summed E-state index contributed by atoms with van der Waals surface area (Å²) >= 11 is 3.17. The van der Waals surface area contributed by atoms with Gasteiger partial charge in [0.25, 0.3) is 5.91 Å². The maximum atomic E-state index is 13.1. The first-order valence-corrected chi connectivity index (χ1v) is 9.90. The van der Waals surface area contributed by atoms with Crippen LogP contribution < -0.4 is 9.88 Å². The molecule has 0 fully saturated rings. The molecule has 0 aliphatic carbocycles. The van der Waals surface area contributed by atoms with Gasteiger partial charge in [-0.05, 0) is 58.7 Å². The Hall–Kier alpha value is -1.97. The summed E-state index contributed by atoms with van der Waals surface area (Å²) in [4.78, 5) is 13.8. The Bertz CT molecular complexity index is 903. The molecule has 9 heteroatoms. The molecule has 0 aliphatic rings. The number of rotatable bonds is 6. The van der Waals surface area contributed by atoms with Crippen LogP contribution in [0.15, 0.2) is 51.8 Å². The number of nitrogens with two attached hydrogens (primary N) is 1. The average Bonchev–Trinajstić information content (AvgIpc) is 2.58. The van der Waals surface area contributed by atoms with E-state index in [0.29, 0.717) is 10.2 Å². The molecule has 140 valence electrons. The second kappa shape index (κ2) is 8.15. The summed E-state index contributed by atoms with van der Waals surface area (Å²) in [6.45, 7) is 1.58. The lowest BCUT2D eigenvalue weighted by molar-refractivity contribution is -0.134. The van der Waals surface area contributed by atoms with E-state index in [1.807, 2.05) is 0 Å². The number of primary sulfonamides is 1. The first kappa shape index (κ1) is 20.3. The van der Waals surface area contributed by atoms with Crippen molar-refractivity contribution in [3.05, 3.63) is 58.3 Å². The van der Waals surface area contributed by atoms with Gasteiger partial charge in [0.15, 0.2) is 6.61 Å². The van der Waals surface area contributed by atoms with Crippen molar-refractivity contribution in [1.82, 2.24) is 4.90 Å². The van der Waals surface area contributed by atoms with Crippen LogP contribution in [0, 0.1) is 5.82 Å². The SMILES string of the molecule is C[C@H](c1ccc(S(N)(=O)=O)cc1)N(C)C(=O)COc1ccc(F)cc1Br. The molecule has 0 saturated heterocycles. The van der Waals surface area contributed by atoms with Crippen molar-refractivity contribution in [2.45, 2.75) is 17.9 Å². The van der Waals surface area contributed by atoms with Gasteiger partial charge in [-0.25, -0.2) is 17.9 Å². The molecule has 0 aromatic heterocycles. The van der Waals surface area contributed by atoms with Crippen LogP contribution >= 0.6 is 15.9 Å². The van der Waals surface area contributed by atoms with Crippen LogP contribution in [0.25, 0.3) is 0 Å². The Kier molecular flexibility index (Phi) is 6.38. The largest absolute Gasteiger partial charge is 0.483 e. The molecule has 2 rings (SSSR count). The van der Waals surface area contributed by atoms with Gasteiger partial charge in [0, 0.05) is 7.05 Å². The van der Waals surface area contributed by atoms with Crippen LogP contribution in [0.4, 0.5) is 4.39 Å². The van der Waals surface area contributed by atoms with Gasteiger partial charge in [-0.1, -0.05) is 12.1 Å². The molecular formula is C17H18BrFN2O4S. The molecule has 2 aromatic carbocycles. The van der Waals surface area contributed by atoms with E-state index in [1.54, 1.807) is 26.1 Å². The molecule has 0 aliphatic heterocycles. The van der Waals surface area contributed by atoms with E-state index in [2.05, 4.69) is 15.9 Å². The molecule has 2 aromatic rings. The summed E-state index contributed by atoms with van der Waals surface area (Å²) in [6, 6.07) is 9.61. The van der Waals surface area contributed by atoms with E-state index in [0.717, 1.165) is 5.56 Å². The Morgan fingerprint density at radius 2 is 1.88 bits per heavy atom. The summed E-state index contributed by atoms with van der Waals surface area (Å²) in [5.41, 5.74) is 0.746. The quantitative estimate of drug-likeness (QED) is 0.741. The van der Waals surface area contributed by atoms with E-state index < -0.39 is 15.8 Å². The number of carbonyl (C=O) groups excluding carboxylic acids is 1. The fraction of sp³-hybridized carbons (Fsp3) is 0.235. The number of hydrogen-bond acceptors (Lipinski definition) is 4. The molecule has 2 N–H and O–H groups in total. The zero-order chi connectivity index (χ0) is 19.5. The molecule has 0 radical (unpaired) electrons. The lowest BCUT2D eigenvalue weighted by Gasteiger charge is -2.25. The molecule has 0 saturated carbocycles. The number of benzene rings is 2. The molecular weight excluding hydrogens is 427 g/mol. The third-order valence-electron chi connectivity index (χ3n) is 3.91. The normalized spacial score (nSPS) is 12.5. The minimum absolute atomic E-state index is 0.00641. The van der Waals surface area contributed by atoms with Crippen molar-refractivity contribution in [2.75, 3.05) is 13.7 Å². The highest BCUT2D eigenvalue weighted by molar-refractivity contribution is 9.10. The fourth-order valence-corrected chi connectivity index (χ4v) is 3.19. The molecule has 0 bridgehead atoms. The Labute approximate surface area is 159 Å². The predicted molar refractivity (Wildman–Crippen MR) is 98.6 cm³/mol. The number of likely N-dealkylation sites (N-methyl/N-ethyl adjacent to an activating group) is 1. The zero-order valence-corrected chi connectivity index (χ0v) is 16.6. The molecule has 6 nitrogen and oxygen atoms in total. The van der Waals surface area contributed by atoms with Crippen molar-refractivity contribution in [1.29, 1.82) is 0 Å². The monoisotopic (exact) mass is 444 g/mol. The van der Waals surface area contributed by atoms with E-state index in [9.17, 15) is 17.6 Å². The second-order valence-electron chi connectivity index (χ2n) is 5.66. The summed E-state index contributed by atoms with van der Waals surface area (Å²) in [5, 5.41) is 5.07. The van der Waals surface area contributed by atoms with Crippen LogP contribution in [0.2, 0.25) is 0 Å². The summed E-state index contributed by atoms with van der Waals surface area (Å²) in [7, 11) is -2.15. The smallest absolute Gasteiger partial charge is 0.260 e. The number of hydrogen-bond donors (Lipinski definition) is 1. The van der Waals surface area contributed by atoms with Gasteiger partial charge < -0.3 is 9.64 Å². The fourth-order valence-electron chi connectivity index (χ4n) is 2.21. The molecule has 0 heterocycles. The first-order valence-electron chi connectivity index (χ1n) is 7.56. The number of sulfonamides is 1. The number of amides is 1. The topological polar surface area (TPSA) is 89.7 Å². The van der Waals surface area contributed by atoms with Crippen molar-refractivity contribution in [2.24, 2.45) is 5.14 Å². The highest BCUT2D eigenvalue weighted by Gasteiger charge is 2.19. The van der Waals surface area contributed by atoms with Gasteiger partial charge in [0.1, 0.15) is 11.6 Å². The highest BCUT2D eigenvalue weighted by atomic mass is 79.9. The van der Waals surface area contributed by atoms with Crippen LogP contribution in [0.3, 0.4) is 0 Å². The van der Waals surface area contributed by atoms with E-state index in [1.165, 1.54) is 35.2 Å². The number of carbonyl (C=O) groups is 1. The number of ether oxygens (including phenoxy) is 1. The van der Waals surface area contributed by atoms with Crippen molar-refractivity contribution in [3.63, 3.8) is 0 Å². The summed E-state index contributed by atoms with van der Waals surface area (Å²) < 4.78 is 41.5. The molecule has 0 unspecified atom stereocenters. The Balaban J connectivity index is 2.02. The van der Waals surface area contributed by atoms with Gasteiger partial charge in [-0.2, -0.15) is 0 Å². The minimum Gasteiger partial charge on any atom is -0.483 e. The van der Waals surface area contributed by atoms with Crippen molar-refractivity contribution in [3.8, 4) is 5.75 Å². The highest BCUT2D eigenvalue weighted by Crippen LogP contribution is 2.26. The van der Waals surface area contributed by atoms with Crippen LogP contribution in [-0.4, -0.2) is 32.9 Å². The molecule has 1 amide bonds. The maximum absolute atomic E-state index is 13.1. The van der Waals surface area contributed by atoms with E-state index in [-0.39, 0.29) is 23.5 Å². The van der Waals surface area contributed by atoms with E-state index >= 15 is 0 Å². The van der Waals surface area contributed by atoms with Crippen LogP contribution in [0.1, 0.15) is 18.5 Å². The standard InChI is InChI=1S/C17H18BrFN2O4S/c1-11(12-3-6-14(7-4-12)26(20,23)24)21(2)17(22)10-25-16-8-5-13(19)9-15(16)18/h3-9,11H,10H2,1-2H3,(H2,20,23,24)/t11-/m1/s1. The lowest BCUT2D eigenvalue weighted by atomic mass is 10.1.